The topological polar surface area (TPSA) is 237 Å². The molecule has 94 heavy (non-hydrogen) atoms. The summed E-state index contributed by atoms with van der Waals surface area (Å²) in [5.41, 5.74) is 0. The Morgan fingerprint density at radius 1 is 0.298 bits per heavy atom. The molecule has 0 aliphatic rings. The zero-order valence-corrected chi connectivity index (χ0v) is 63.4. The lowest BCUT2D eigenvalue weighted by molar-refractivity contribution is -0.161. The molecule has 0 aromatic heterocycles. The first-order chi connectivity index (χ1) is 45.2. The average molecular weight is 1380 g/mol. The molecule has 0 heterocycles. The average Bonchev–Trinajstić information content (AvgIpc) is 1.87. The highest BCUT2D eigenvalue weighted by atomic mass is 31.2. The van der Waals surface area contributed by atoms with Crippen LogP contribution in [0.2, 0.25) is 0 Å². The van der Waals surface area contributed by atoms with Gasteiger partial charge in [-0.05, 0) is 49.4 Å². The molecule has 0 fully saturated rings. The molecule has 0 aliphatic heterocycles. The largest absolute Gasteiger partial charge is 0.472 e. The maximum atomic E-state index is 13.1. The molecule has 19 heteroatoms. The van der Waals surface area contributed by atoms with Gasteiger partial charge in [0.15, 0.2) is 12.2 Å². The predicted molar refractivity (Wildman–Crippen MR) is 381 cm³/mol. The van der Waals surface area contributed by atoms with Crippen LogP contribution in [-0.2, 0) is 65.4 Å². The van der Waals surface area contributed by atoms with Crippen LogP contribution < -0.4 is 0 Å². The minimum absolute atomic E-state index is 0.104. The molecule has 0 amide bonds. The SMILES string of the molecule is CCC(C)CCCCCCCCCCCCCCCCCCCCC(=O)O[C@H](COC(=O)CCCCCCCCC(C)CC)COP(=O)(O)OC[C@H](O)COP(=O)(O)OC[C@@H](COC(=O)CCCCCCCCC(C)C)OC(=O)CCCCCCCCCCCCC(C)C. The normalized spacial score (nSPS) is 14.7. The van der Waals surface area contributed by atoms with Gasteiger partial charge in [-0.15, -0.1) is 0 Å². The number of esters is 4. The lowest BCUT2D eigenvalue weighted by Gasteiger charge is -2.21. The Morgan fingerprint density at radius 2 is 0.511 bits per heavy atom. The highest BCUT2D eigenvalue weighted by Gasteiger charge is 2.30. The van der Waals surface area contributed by atoms with Crippen molar-refractivity contribution in [2.45, 2.75) is 395 Å². The minimum Gasteiger partial charge on any atom is -0.462 e. The third-order valence-corrected chi connectivity index (χ3v) is 19.9. The number of aliphatic hydroxyl groups excluding tert-OH is 1. The summed E-state index contributed by atoms with van der Waals surface area (Å²) in [5.74, 6) is 0.906. The van der Waals surface area contributed by atoms with Crippen molar-refractivity contribution < 1.29 is 80.2 Å². The second-order valence-electron chi connectivity index (χ2n) is 28.5. The lowest BCUT2D eigenvalue weighted by Crippen LogP contribution is -2.30. The van der Waals surface area contributed by atoms with Gasteiger partial charge in [-0.3, -0.25) is 37.3 Å². The van der Waals surface area contributed by atoms with E-state index in [4.69, 9.17) is 37.0 Å². The van der Waals surface area contributed by atoms with Crippen molar-refractivity contribution in [2.75, 3.05) is 39.6 Å². The molecule has 0 spiro atoms. The van der Waals surface area contributed by atoms with Gasteiger partial charge in [0.1, 0.15) is 19.3 Å². The molecule has 4 unspecified atom stereocenters. The van der Waals surface area contributed by atoms with Crippen LogP contribution in [0.5, 0.6) is 0 Å². The van der Waals surface area contributed by atoms with E-state index < -0.39 is 97.5 Å². The third kappa shape index (κ3) is 66.0. The summed E-state index contributed by atoms with van der Waals surface area (Å²) >= 11 is 0. The number of hydrogen-bond acceptors (Lipinski definition) is 15. The van der Waals surface area contributed by atoms with Crippen LogP contribution in [0.4, 0.5) is 0 Å². The van der Waals surface area contributed by atoms with Crippen molar-refractivity contribution in [3.8, 4) is 0 Å². The Kier molecular flexibility index (Phi) is 63.1. The van der Waals surface area contributed by atoms with Gasteiger partial charge in [0, 0.05) is 25.7 Å². The second kappa shape index (κ2) is 64.4. The summed E-state index contributed by atoms with van der Waals surface area (Å²) in [6.07, 6.45) is 48.9. The monoisotopic (exact) mass is 1380 g/mol. The molecule has 0 saturated carbocycles. The molecule has 558 valence electrons. The van der Waals surface area contributed by atoms with E-state index in [1.54, 1.807) is 0 Å². The highest BCUT2D eigenvalue weighted by Crippen LogP contribution is 2.45. The van der Waals surface area contributed by atoms with Crippen LogP contribution >= 0.6 is 15.6 Å². The molecule has 0 aliphatic carbocycles. The van der Waals surface area contributed by atoms with Gasteiger partial charge in [0.2, 0.25) is 0 Å². The van der Waals surface area contributed by atoms with Crippen LogP contribution in [-0.4, -0.2) is 96.7 Å². The molecule has 7 atom stereocenters. The van der Waals surface area contributed by atoms with Crippen LogP contribution in [0.1, 0.15) is 376 Å². The molecular weight excluding hydrogens is 1230 g/mol. The Bertz CT molecular complexity index is 1850. The molecule has 0 aromatic carbocycles. The van der Waals surface area contributed by atoms with E-state index in [1.165, 1.54) is 167 Å². The van der Waals surface area contributed by atoms with Crippen LogP contribution in [0, 0.1) is 23.7 Å². The number of hydrogen-bond donors (Lipinski definition) is 3. The minimum atomic E-state index is -4.96. The second-order valence-corrected chi connectivity index (χ2v) is 31.4. The van der Waals surface area contributed by atoms with Gasteiger partial charge >= 0.3 is 39.5 Å². The number of rotatable bonds is 72. The summed E-state index contributed by atoms with van der Waals surface area (Å²) in [6, 6.07) is 0. The smallest absolute Gasteiger partial charge is 0.462 e. The lowest BCUT2D eigenvalue weighted by atomic mass is 9.99. The molecule has 17 nitrogen and oxygen atoms in total. The van der Waals surface area contributed by atoms with Crippen LogP contribution in [0.25, 0.3) is 0 Å². The van der Waals surface area contributed by atoms with E-state index in [2.05, 4.69) is 55.4 Å². The zero-order chi connectivity index (χ0) is 69.6. The number of phosphoric acid groups is 2. The van der Waals surface area contributed by atoms with Crippen LogP contribution in [0.3, 0.4) is 0 Å². The molecule has 0 radical (unpaired) electrons. The van der Waals surface area contributed by atoms with E-state index in [0.717, 1.165) is 120 Å². The third-order valence-electron chi connectivity index (χ3n) is 18.0. The van der Waals surface area contributed by atoms with Gasteiger partial charge < -0.3 is 33.8 Å². The number of aliphatic hydroxyl groups is 1. The van der Waals surface area contributed by atoms with Crippen molar-refractivity contribution in [2.24, 2.45) is 23.7 Å². The van der Waals surface area contributed by atoms with Gasteiger partial charge in [-0.1, -0.05) is 325 Å². The summed E-state index contributed by atoms with van der Waals surface area (Å²) in [4.78, 5) is 72.6. The quantitative estimate of drug-likeness (QED) is 0.0222. The van der Waals surface area contributed by atoms with Gasteiger partial charge in [-0.2, -0.15) is 0 Å². The van der Waals surface area contributed by atoms with E-state index in [1.807, 2.05) is 0 Å². The predicted octanol–water partition coefficient (Wildman–Crippen LogP) is 21.7. The van der Waals surface area contributed by atoms with Crippen molar-refractivity contribution in [3.63, 3.8) is 0 Å². The number of carbonyl (C=O) groups excluding carboxylic acids is 4. The number of phosphoric ester groups is 2. The van der Waals surface area contributed by atoms with E-state index in [9.17, 15) is 43.2 Å². The fraction of sp³-hybridized carbons (Fsp3) is 0.947. The Labute approximate surface area is 575 Å². The summed E-state index contributed by atoms with van der Waals surface area (Å²) in [7, 11) is -9.91. The van der Waals surface area contributed by atoms with E-state index in [-0.39, 0.29) is 25.7 Å². The fourth-order valence-electron chi connectivity index (χ4n) is 11.3. The molecule has 0 aromatic rings. The van der Waals surface area contributed by atoms with Crippen molar-refractivity contribution in [3.05, 3.63) is 0 Å². The van der Waals surface area contributed by atoms with Crippen LogP contribution in [0.15, 0.2) is 0 Å². The molecule has 0 bridgehead atoms. The highest BCUT2D eigenvalue weighted by molar-refractivity contribution is 7.47. The van der Waals surface area contributed by atoms with Crippen molar-refractivity contribution in [1.29, 1.82) is 0 Å². The standard InChI is InChI=1S/C75H146O17P2/c1-9-67(7)53-45-37-28-24-19-17-15-13-11-12-14-16-18-20-25-29-41-49-57-74(79)92-71(62-86-73(78)56-48-40-34-32-38-46-54-68(8)10-2)64-90-94(83,84)88-60-69(76)59-87-93(81,82)89-63-70(61-85-72(77)55-47-39-33-31-36-44-52-66(5)6)91-75(80)58-50-42-30-26-22-21-23-27-35-43-51-65(3)4/h65-71,76H,9-64H2,1-8H3,(H,81,82)(H,83,84)/t67?,68?,69-,70-,71-/m1/s1. The van der Waals surface area contributed by atoms with Crippen molar-refractivity contribution in [1.82, 2.24) is 0 Å². The number of carbonyl (C=O) groups is 4. The molecule has 3 N–H and O–H groups in total. The fourth-order valence-corrected chi connectivity index (χ4v) is 12.9. The Balaban J connectivity index is 5.16. The Morgan fingerprint density at radius 3 is 0.755 bits per heavy atom. The van der Waals surface area contributed by atoms with Gasteiger partial charge in [0.25, 0.3) is 0 Å². The van der Waals surface area contributed by atoms with Crippen molar-refractivity contribution >= 4 is 39.5 Å². The first kappa shape index (κ1) is 92.1. The summed E-state index contributed by atoms with van der Waals surface area (Å²) in [6.45, 7) is 14.1. The maximum absolute atomic E-state index is 13.1. The van der Waals surface area contributed by atoms with E-state index >= 15 is 0 Å². The summed E-state index contributed by atoms with van der Waals surface area (Å²) in [5, 5.41) is 10.6. The van der Waals surface area contributed by atoms with Gasteiger partial charge in [0.05, 0.1) is 26.4 Å². The summed E-state index contributed by atoms with van der Waals surface area (Å²) < 4.78 is 68.4. The first-order valence-corrected chi connectivity index (χ1v) is 41.8. The molecular formula is C75H146O17P2. The number of ether oxygens (including phenoxy) is 4. The number of unbranched alkanes of at least 4 members (excludes halogenated alkanes) is 36. The maximum Gasteiger partial charge on any atom is 0.472 e. The van der Waals surface area contributed by atoms with E-state index in [0.29, 0.717) is 31.6 Å². The first-order valence-electron chi connectivity index (χ1n) is 38.8. The molecule has 0 rings (SSSR count). The molecule has 0 saturated heterocycles. The Hall–Kier alpha value is -1.94. The zero-order valence-electron chi connectivity index (χ0n) is 61.6. The van der Waals surface area contributed by atoms with Gasteiger partial charge in [-0.25, -0.2) is 9.13 Å².